The lowest BCUT2D eigenvalue weighted by molar-refractivity contribution is 0.369. The molecule has 68 valence electrons. The Kier molecular flexibility index (Phi) is 2.95. The molecule has 3 nitrogen and oxygen atoms in total. The fourth-order valence-corrected chi connectivity index (χ4v) is 1.19. The number of rotatable bonds is 3. The minimum atomic E-state index is 0.438. The second-order valence-corrected chi connectivity index (χ2v) is 4.47. The van der Waals surface area contributed by atoms with Gasteiger partial charge in [0.1, 0.15) is 6.54 Å². The molecule has 1 aliphatic heterocycles. The van der Waals surface area contributed by atoms with Gasteiger partial charge in [-0.2, -0.15) is 5.11 Å². The zero-order valence-electron chi connectivity index (χ0n) is 8.17. The Bertz CT molecular complexity index is 198. The molecule has 0 saturated heterocycles. The third-order valence-electron chi connectivity index (χ3n) is 1.89. The van der Waals surface area contributed by atoms with Crippen LogP contribution in [-0.2, 0) is 0 Å². The van der Waals surface area contributed by atoms with Crippen molar-refractivity contribution in [3.63, 3.8) is 0 Å². The van der Waals surface area contributed by atoms with Gasteiger partial charge in [-0.1, -0.05) is 20.8 Å². The van der Waals surface area contributed by atoms with Crippen LogP contribution in [0.15, 0.2) is 15.4 Å². The second kappa shape index (κ2) is 3.78. The van der Waals surface area contributed by atoms with Crippen LogP contribution < -0.4 is 0 Å². The third kappa shape index (κ3) is 3.60. The first-order valence-electron chi connectivity index (χ1n) is 4.50. The van der Waals surface area contributed by atoms with Gasteiger partial charge in [-0.05, 0) is 29.9 Å². The standard InChI is InChI=1S/C9H17N3/c1-9(2,3)6-4-5-8-7-10-12-11-8/h4-7H2,1-3H3. The molecule has 0 aromatic heterocycles. The Morgan fingerprint density at radius 3 is 2.58 bits per heavy atom. The van der Waals surface area contributed by atoms with Crippen molar-refractivity contribution in [3.8, 4) is 0 Å². The highest BCUT2D eigenvalue weighted by Gasteiger charge is 2.11. The van der Waals surface area contributed by atoms with Crippen LogP contribution in [0.25, 0.3) is 0 Å². The highest BCUT2D eigenvalue weighted by atomic mass is 15.4. The molecule has 0 unspecified atom stereocenters. The number of hydrogen-bond donors (Lipinski definition) is 0. The van der Waals surface area contributed by atoms with Gasteiger partial charge >= 0.3 is 0 Å². The lowest BCUT2D eigenvalue weighted by Gasteiger charge is -2.17. The fourth-order valence-electron chi connectivity index (χ4n) is 1.19. The molecule has 12 heavy (non-hydrogen) atoms. The maximum absolute atomic E-state index is 3.93. The first-order chi connectivity index (χ1) is 5.58. The van der Waals surface area contributed by atoms with Crippen molar-refractivity contribution in [2.24, 2.45) is 20.9 Å². The molecule has 0 atom stereocenters. The van der Waals surface area contributed by atoms with Crippen LogP contribution in [0.1, 0.15) is 40.0 Å². The summed E-state index contributed by atoms with van der Waals surface area (Å²) in [4.78, 5) is 0. The van der Waals surface area contributed by atoms with E-state index in [-0.39, 0.29) is 0 Å². The quantitative estimate of drug-likeness (QED) is 0.619. The number of hydrogen-bond acceptors (Lipinski definition) is 3. The summed E-state index contributed by atoms with van der Waals surface area (Å²) < 4.78 is 0. The van der Waals surface area contributed by atoms with E-state index in [9.17, 15) is 0 Å². The monoisotopic (exact) mass is 167 g/mol. The van der Waals surface area contributed by atoms with E-state index in [0.717, 1.165) is 18.7 Å². The van der Waals surface area contributed by atoms with Crippen molar-refractivity contribution in [2.45, 2.75) is 40.0 Å². The molecule has 3 heteroatoms. The minimum Gasteiger partial charge on any atom is -0.163 e. The van der Waals surface area contributed by atoms with Crippen LogP contribution >= 0.6 is 0 Å². The molecule has 0 radical (unpaired) electrons. The normalized spacial score (nSPS) is 16.8. The molecule has 1 heterocycles. The van der Waals surface area contributed by atoms with E-state index in [2.05, 4.69) is 36.2 Å². The molecule has 0 bridgehead atoms. The Labute approximate surface area is 74.0 Å². The molecule has 0 amide bonds. The first-order valence-corrected chi connectivity index (χ1v) is 4.50. The van der Waals surface area contributed by atoms with Gasteiger partial charge < -0.3 is 0 Å². The van der Waals surface area contributed by atoms with E-state index in [1.54, 1.807) is 0 Å². The van der Waals surface area contributed by atoms with Crippen molar-refractivity contribution in [2.75, 3.05) is 6.54 Å². The van der Waals surface area contributed by atoms with Crippen LogP contribution in [0.4, 0.5) is 0 Å². The molecule has 1 aliphatic rings. The zero-order chi connectivity index (χ0) is 9.03. The van der Waals surface area contributed by atoms with Crippen molar-refractivity contribution >= 4 is 5.71 Å². The van der Waals surface area contributed by atoms with Gasteiger partial charge in [0.15, 0.2) is 0 Å². The van der Waals surface area contributed by atoms with Crippen molar-refractivity contribution in [3.05, 3.63) is 0 Å². The van der Waals surface area contributed by atoms with E-state index >= 15 is 0 Å². The SMILES string of the molecule is CC(C)(C)CCCC1=NN=NC1. The van der Waals surface area contributed by atoms with Crippen LogP contribution in [0.3, 0.4) is 0 Å². The average molecular weight is 167 g/mol. The average Bonchev–Trinajstić information content (AvgIpc) is 2.36. The second-order valence-electron chi connectivity index (χ2n) is 4.47. The lowest BCUT2D eigenvalue weighted by atomic mass is 9.89. The Morgan fingerprint density at radius 2 is 2.08 bits per heavy atom. The van der Waals surface area contributed by atoms with E-state index in [0.29, 0.717) is 5.41 Å². The minimum absolute atomic E-state index is 0.438. The molecule has 0 aliphatic carbocycles. The summed E-state index contributed by atoms with van der Waals surface area (Å²) >= 11 is 0. The van der Waals surface area contributed by atoms with Crippen molar-refractivity contribution in [1.82, 2.24) is 0 Å². The van der Waals surface area contributed by atoms with E-state index < -0.39 is 0 Å². The van der Waals surface area contributed by atoms with Crippen LogP contribution in [0.5, 0.6) is 0 Å². The van der Waals surface area contributed by atoms with Gasteiger partial charge in [0, 0.05) is 0 Å². The predicted molar refractivity (Wildman–Crippen MR) is 50.5 cm³/mol. The van der Waals surface area contributed by atoms with Gasteiger partial charge in [0.25, 0.3) is 0 Å². The molecule has 0 spiro atoms. The van der Waals surface area contributed by atoms with E-state index in [1.165, 1.54) is 12.8 Å². The fraction of sp³-hybridized carbons (Fsp3) is 0.889. The van der Waals surface area contributed by atoms with Crippen LogP contribution in [0, 0.1) is 5.41 Å². The predicted octanol–water partition coefficient (Wildman–Crippen LogP) is 3.02. The highest BCUT2D eigenvalue weighted by molar-refractivity contribution is 5.86. The van der Waals surface area contributed by atoms with Crippen molar-refractivity contribution in [1.29, 1.82) is 0 Å². The molecule has 0 fully saturated rings. The van der Waals surface area contributed by atoms with E-state index in [1.807, 2.05) is 0 Å². The molecule has 0 aromatic rings. The summed E-state index contributed by atoms with van der Waals surface area (Å²) in [5.74, 6) is 0. The van der Waals surface area contributed by atoms with Crippen molar-refractivity contribution < 1.29 is 0 Å². The third-order valence-corrected chi connectivity index (χ3v) is 1.89. The maximum atomic E-state index is 3.93. The molecule has 0 aromatic carbocycles. The zero-order valence-corrected chi connectivity index (χ0v) is 8.17. The first kappa shape index (κ1) is 9.36. The van der Waals surface area contributed by atoms with Gasteiger partial charge in [0.05, 0.1) is 5.71 Å². The van der Waals surface area contributed by atoms with E-state index in [4.69, 9.17) is 0 Å². The topological polar surface area (TPSA) is 37.1 Å². The van der Waals surface area contributed by atoms with Gasteiger partial charge in [0.2, 0.25) is 0 Å². The molecule has 1 rings (SSSR count). The van der Waals surface area contributed by atoms with Gasteiger partial charge in [-0.25, -0.2) is 0 Å². The molecular weight excluding hydrogens is 150 g/mol. The summed E-state index contributed by atoms with van der Waals surface area (Å²) in [6.45, 7) is 7.51. The highest BCUT2D eigenvalue weighted by Crippen LogP contribution is 2.21. The van der Waals surface area contributed by atoms with Gasteiger partial charge in [-0.3, -0.25) is 0 Å². The summed E-state index contributed by atoms with van der Waals surface area (Å²) in [6.07, 6.45) is 3.50. The Balaban J connectivity index is 2.11. The summed E-state index contributed by atoms with van der Waals surface area (Å²) in [7, 11) is 0. The lowest BCUT2D eigenvalue weighted by Crippen LogP contribution is -2.06. The Hall–Kier alpha value is -0.730. The summed E-state index contributed by atoms with van der Waals surface area (Å²) in [5.41, 5.74) is 1.58. The maximum Gasteiger partial charge on any atom is 0.102 e. The largest absolute Gasteiger partial charge is 0.163 e. The number of nitrogens with zero attached hydrogens (tertiary/aromatic N) is 3. The summed E-state index contributed by atoms with van der Waals surface area (Å²) in [5, 5.41) is 11.3. The molecule has 0 N–H and O–H groups in total. The smallest absolute Gasteiger partial charge is 0.102 e. The van der Waals surface area contributed by atoms with Crippen LogP contribution in [0.2, 0.25) is 0 Å². The molecule has 0 saturated carbocycles. The molecular formula is C9H17N3. The van der Waals surface area contributed by atoms with Crippen LogP contribution in [-0.4, -0.2) is 12.3 Å². The van der Waals surface area contributed by atoms with Gasteiger partial charge in [-0.15, -0.1) is 5.10 Å². The summed E-state index contributed by atoms with van der Waals surface area (Å²) in [6, 6.07) is 0. The Morgan fingerprint density at radius 1 is 1.33 bits per heavy atom.